The number of benzene rings is 1. The van der Waals surface area contributed by atoms with Crippen LogP contribution in [0.4, 0.5) is 5.69 Å². The summed E-state index contributed by atoms with van der Waals surface area (Å²) in [5.74, 6) is 0.101. The van der Waals surface area contributed by atoms with Crippen LogP contribution in [0.2, 0.25) is 0 Å². The summed E-state index contributed by atoms with van der Waals surface area (Å²) in [5.41, 5.74) is 2.30. The zero-order valence-corrected chi connectivity index (χ0v) is 13.0. The molecular formula is C14H20BrN3O. The van der Waals surface area contributed by atoms with Crippen LogP contribution in [0.1, 0.15) is 12.0 Å². The third-order valence-corrected chi connectivity index (χ3v) is 4.26. The first-order valence-corrected chi connectivity index (χ1v) is 7.34. The molecule has 1 aliphatic rings. The molecule has 1 aromatic carbocycles. The van der Waals surface area contributed by atoms with Gasteiger partial charge in [-0.05, 0) is 44.6 Å². The molecule has 0 spiro atoms. The minimum atomic E-state index is 0.101. The van der Waals surface area contributed by atoms with Crippen LogP contribution in [0.3, 0.4) is 0 Å². The molecule has 1 amide bonds. The molecule has 5 heteroatoms. The van der Waals surface area contributed by atoms with Crippen LogP contribution < -0.4 is 15.5 Å². The molecule has 1 saturated heterocycles. The van der Waals surface area contributed by atoms with Gasteiger partial charge < -0.3 is 15.5 Å². The van der Waals surface area contributed by atoms with Gasteiger partial charge in [0.1, 0.15) is 0 Å². The van der Waals surface area contributed by atoms with Crippen molar-refractivity contribution < 1.29 is 4.79 Å². The van der Waals surface area contributed by atoms with E-state index in [2.05, 4.69) is 56.6 Å². The Balaban J connectivity index is 2.09. The fourth-order valence-electron chi connectivity index (χ4n) is 2.28. The van der Waals surface area contributed by atoms with E-state index < -0.39 is 0 Å². The molecule has 1 atom stereocenters. The Hall–Kier alpha value is -1.07. The Morgan fingerprint density at radius 1 is 1.53 bits per heavy atom. The molecule has 19 heavy (non-hydrogen) atoms. The average molecular weight is 326 g/mol. The molecule has 0 radical (unpaired) electrons. The normalized spacial score (nSPS) is 19.4. The quantitative estimate of drug-likeness (QED) is 0.885. The third kappa shape index (κ3) is 3.70. The first-order valence-electron chi connectivity index (χ1n) is 6.55. The van der Waals surface area contributed by atoms with Crippen molar-refractivity contribution in [2.24, 2.45) is 0 Å². The molecule has 0 aromatic heterocycles. The molecule has 1 fully saturated rings. The highest BCUT2D eigenvalue weighted by Gasteiger charge is 2.24. The van der Waals surface area contributed by atoms with Gasteiger partial charge in [0, 0.05) is 22.7 Å². The molecule has 0 bridgehead atoms. The largest absolute Gasteiger partial charge is 0.360 e. The summed E-state index contributed by atoms with van der Waals surface area (Å²) in [6.45, 7) is 4.28. The summed E-state index contributed by atoms with van der Waals surface area (Å²) in [5, 5.41) is 6.17. The van der Waals surface area contributed by atoms with Crippen LogP contribution in [-0.4, -0.2) is 38.6 Å². The van der Waals surface area contributed by atoms with Crippen molar-refractivity contribution in [3.8, 4) is 0 Å². The number of aryl methyl sites for hydroxylation is 1. The lowest BCUT2D eigenvalue weighted by Gasteiger charge is -2.34. The number of piperazine rings is 1. The first-order chi connectivity index (χ1) is 9.10. The van der Waals surface area contributed by atoms with Crippen molar-refractivity contribution in [3.05, 3.63) is 28.2 Å². The van der Waals surface area contributed by atoms with E-state index in [-0.39, 0.29) is 11.9 Å². The summed E-state index contributed by atoms with van der Waals surface area (Å²) >= 11 is 3.55. The average Bonchev–Trinajstić information content (AvgIpc) is 2.39. The molecule has 104 valence electrons. The number of rotatable bonds is 4. The molecular weight excluding hydrogens is 306 g/mol. The first kappa shape index (κ1) is 14.3. The van der Waals surface area contributed by atoms with Crippen LogP contribution in [0.15, 0.2) is 22.7 Å². The lowest BCUT2D eigenvalue weighted by Crippen LogP contribution is -2.54. The van der Waals surface area contributed by atoms with Gasteiger partial charge in [-0.1, -0.05) is 22.0 Å². The number of amides is 1. The fourth-order valence-corrected chi connectivity index (χ4v) is 2.65. The van der Waals surface area contributed by atoms with Crippen molar-refractivity contribution in [2.75, 3.05) is 31.6 Å². The number of nitrogens with one attached hydrogen (secondary N) is 2. The number of hydrogen-bond acceptors (Lipinski definition) is 3. The molecule has 1 aliphatic heterocycles. The predicted molar refractivity (Wildman–Crippen MR) is 81.6 cm³/mol. The lowest BCUT2D eigenvalue weighted by molar-refractivity contribution is -0.121. The standard InChI is InChI=1S/C14H20BrN3O/c1-10-3-4-12(7-13(10)15)18-8-11(5-6-16-2)17-14(19)9-18/h3-4,7,11,16H,5-6,8-9H2,1-2H3,(H,17,19). The Morgan fingerprint density at radius 3 is 3.00 bits per heavy atom. The number of anilines is 1. The second kappa shape index (κ2) is 6.39. The maximum Gasteiger partial charge on any atom is 0.239 e. The van der Waals surface area contributed by atoms with Gasteiger partial charge in [0.05, 0.1) is 6.54 Å². The maximum atomic E-state index is 11.8. The fraction of sp³-hybridized carbons (Fsp3) is 0.500. The number of carbonyl (C=O) groups is 1. The monoisotopic (exact) mass is 325 g/mol. The highest BCUT2D eigenvalue weighted by Crippen LogP contribution is 2.24. The Morgan fingerprint density at radius 2 is 2.32 bits per heavy atom. The summed E-state index contributed by atoms with van der Waals surface area (Å²) in [6.07, 6.45) is 0.950. The second-order valence-electron chi connectivity index (χ2n) is 4.97. The Kier molecular flexibility index (Phi) is 4.82. The van der Waals surface area contributed by atoms with Crippen LogP contribution in [0.5, 0.6) is 0 Å². The van der Waals surface area contributed by atoms with Gasteiger partial charge in [0.25, 0.3) is 0 Å². The highest BCUT2D eigenvalue weighted by molar-refractivity contribution is 9.10. The molecule has 4 nitrogen and oxygen atoms in total. The number of nitrogens with zero attached hydrogens (tertiary/aromatic N) is 1. The molecule has 2 N–H and O–H groups in total. The van der Waals surface area contributed by atoms with E-state index in [1.807, 2.05) is 7.05 Å². The maximum absolute atomic E-state index is 11.8. The van der Waals surface area contributed by atoms with Crippen molar-refractivity contribution >= 4 is 27.5 Å². The number of carbonyl (C=O) groups excluding carboxylic acids is 1. The SMILES string of the molecule is CNCCC1CN(c2ccc(C)c(Br)c2)CC(=O)N1. The van der Waals surface area contributed by atoms with Gasteiger partial charge in [0.2, 0.25) is 5.91 Å². The minimum absolute atomic E-state index is 0.101. The van der Waals surface area contributed by atoms with E-state index in [0.29, 0.717) is 6.54 Å². The van der Waals surface area contributed by atoms with E-state index in [1.165, 1.54) is 5.56 Å². The molecule has 0 saturated carbocycles. The number of hydrogen-bond donors (Lipinski definition) is 2. The zero-order chi connectivity index (χ0) is 13.8. The summed E-state index contributed by atoms with van der Waals surface area (Å²) < 4.78 is 1.09. The van der Waals surface area contributed by atoms with E-state index in [9.17, 15) is 4.79 Å². The van der Waals surface area contributed by atoms with Gasteiger partial charge >= 0.3 is 0 Å². The predicted octanol–water partition coefficient (Wildman–Crippen LogP) is 1.67. The van der Waals surface area contributed by atoms with Crippen LogP contribution >= 0.6 is 15.9 Å². The van der Waals surface area contributed by atoms with Gasteiger partial charge in [0.15, 0.2) is 0 Å². The topological polar surface area (TPSA) is 44.4 Å². The zero-order valence-electron chi connectivity index (χ0n) is 11.4. The smallest absolute Gasteiger partial charge is 0.239 e. The van der Waals surface area contributed by atoms with Gasteiger partial charge in [-0.25, -0.2) is 0 Å². The minimum Gasteiger partial charge on any atom is -0.360 e. The van der Waals surface area contributed by atoms with E-state index in [4.69, 9.17) is 0 Å². The molecule has 0 aliphatic carbocycles. The summed E-state index contributed by atoms with van der Waals surface area (Å²) in [7, 11) is 1.93. The van der Waals surface area contributed by atoms with Crippen molar-refractivity contribution in [1.82, 2.24) is 10.6 Å². The molecule has 1 unspecified atom stereocenters. The van der Waals surface area contributed by atoms with E-state index in [0.717, 1.165) is 29.7 Å². The van der Waals surface area contributed by atoms with Gasteiger partial charge in [-0.15, -0.1) is 0 Å². The summed E-state index contributed by atoms with van der Waals surface area (Å²) in [4.78, 5) is 13.9. The summed E-state index contributed by atoms with van der Waals surface area (Å²) in [6, 6.07) is 6.46. The van der Waals surface area contributed by atoms with Crippen molar-refractivity contribution in [3.63, 3.8) is 0 Å². The van der Waals surface area contributed by atoms with Crippen LogP contribution in [0, 0.1) is 6.92 Å². The van der Waals surface area contributed by atoms with Crippen molar-refractivity contribution in [2.45, 2.75) is 19.4 Å². The Labute approximate surface area is 122 Å². The molecule has 1 aromatic rings. The van der Waals surface area contributed by atoms with Gasteiger partial charge in [-0.3, -0.25) is 4.79 Å². The number of halogens is 1. The molecule has 1 heterocycles. The second-order valence-corrected chi connectivity index (χ2v) is 5.83. The Bertz CT molecular complexity index is 464. The van der Waals surface area contributed by atoms with Crippen LogP contribution in [0.25, 0.3) is 0 Å². The third-order valence-electron chi connectivity index (χ3n) is 3.40. The molecule has 2 rings (SSSR count). The van der Waals surface area contributed by atoms with E-state index >= 15 is 0 Å². The van der Waals surface area contributed by atoms with E-state index in [1.54, 1.807) is 0 Å². The van der Waals surface area contributed by atoms with Crippen molar-refractivity contribution in [1.29, 1.82) is 0 Å². The highest BCUT2D eigenvalue weighted by atomic mass is 79.9. The van der Waals surface area contributed by atoms with Gasteiger partial charge in [-0.2, -0.15) is 0 Å². The van der Waals surface area contributed by atoms with Crippen LogP contribution in [-0.2, 0) is 4.79 Å². The lowest BCUT2D eigenvalue weighted by atomic mass is 10.1.